The topological polar surface area (TPSA) is 26.0 Å². The first-order valence-electron chi connectivity index (χ1n) is 5.95. The van der Waals surface area contributed by atoms with E-state index in [2.05, 4.69) is 13.8 Å². The van der Waals surface area contributed by atoms with Crippen LogP contribution >= 0.6 is 0 Å². The number of nitrogens with two attached hydrogens (primary N) is 1. The third kappa shape index (κ3) is 2.46. The standard InChI is InChI=1S/C12H25N/c1-3-11(2)12(10-13)8-6-4-5-7-9-12/h11H,3-10,13H2,1-2H3. The predicted octanol–water partition coefficient (Wildman–Crippen LogP) is 3.33. The highest BCUT2D eigenvalue weighted by Crippen LogP contribution is 2.41. The van der Waals surface area contributed by atoms with Gasteiger partial charge in [0.25, 0.3) is 0 Å². The van der Waals surface area contributed by atoms with Crippen LogP contribution in [0.3, 0.4) is 0 Å². The van der Waals surface area contributed by atoms with Crippen LogP contribution in [0.5, 0.6) is 0 Å². The molecule has 1 heteroatoms. The molecule has 1 aliphatic carbocycles. The van der Waals surface area contributed by atoms with E-state index in [0.29, 0.717) is 5.41 Å². The van der Waals surface area contributed by atoms with Crippen LogP contribution in [0.2, 0.25) is 0 Å². The zero-order valence-electron chi connectivity index (χ0n) is 9.31. The lowest BCUT2D eigenvalue weighted by atomic mass is 9.70. The van der Waals surface area contributed by atoms with E-state index < -0.39 is 0 Å². The molecule has 1 rings (SSSR count). The Morgan fingerprint density at radius 3 is 2.08 bits per heavy atom. The largest absolute Gasteiger partial charge is 0.330 e. The molecule has 0 aromatic rings. The van der Waals surface area contributed by atoms with Crippen molar-refractivity contribution < 1.29 is 0 Å². The Kier molecular flexibility index (Phi) is 4.24. The summed E-state index contributed by atoms with van der Waals surface area (Å²) in [5, 5.41) is 0. The van der Waals surface area contributed by atoms with E-state index in [-0.39, 0.29) is 0 Å². The maximum atomic E-state index is 5.98. The SMILES string of the molecule is CCC(C)C1(CN)CCCCCC1. The average molecular weight is 183 g/mol. The molecule has 1 unspecified atom stereocenters. The van der Waals surface area contributed by atoms with Gasteiger partial charge in [0, 0.05) is 0 Å². The van der Waals surface area contributed by atoms with Crippen LogP contribution in [-0.4, -0.2) is 6.54 Å². The quantitative estimate of drug-likeness (QED) is 0.667. The minimum Gasteiger partial charge on any atom is -0.330 e. The monoisotopic (exact) mass is 183 g/mol. The van der Waals surface area contributed by atoms with Crippen molar-refractivity contribution in [1.82, 2.24) is 0 Å². The van der Waals surface area contributed by atoms with E-state index >= 15 is 0 Å². The molecule has 1 nitrogen and oxygen atoms in total. The van der Waals surface area contributed by atoms with Gasteiger partial charge in [0.1, 0.15) is 0 Å². The van der Waals surface area contributed by atoms with E-state index in [4.69, 9.17) is 5.73 Å². The maximum absolute atomic E-state index is 5.98. The zero-order valence-corrected chi connectivity index (χ0v) is 9.31. The highest BCUT2D eigenvalue weighted by Gasteiger charge is 2.33. The molecule has 0 spiro atoms. The van der Waals surface area contributed by atoms with Crippen LogP contribution in [0.25, 0.3) is 0 Å². The van der Waals surface area contributed by atoms with Crippen molar-refractivity contribution in [2.45, 2.75) is 58.8 Å². The van der Waals surface area contributed by atoms with Gasteiger partial charge in [-0.1, -0.05) is 46.0 Å². The Morgan fingerprint density at radius 1 is 1.15 bits per heavy atom. The Labute approximate surface area is 83.1 Å². The fourth-order valence-corrected chi connectivity index (χ4v) is 2.76. The van der Waals surface area contributed by atoms with Gasteiger partial charge in [0.15, 0.2) is 0 Å². The van der Waals surface area contributed by atoms with Gasteiger partial charge in [-0.2, -0.15) is 0 Å². The normalized spacial score (nSPS) is 25.2. The molecule has 0 amide bonds. The second-order valence-electron chi connectivity index (χ2n) is 4.79. The summed E-state index contributed by atoms with van der Waals surface area (Å²) in [7, 11) is 0. The molecule has 0 aliphatic heterocycles. The highest BCUT2D eigenvalue weighted by atomic mass is 14.6. The Morgan fingerprint density at radius 2 is 1.69 bits per heavy atom. The van der Waals surface area contributed by atoms with Crippen LogP contribution in [0.15, 0.2) is 0 Å². The second kappa shape index (κ2) is 4.99. The van der Waals surface area contributed by atoms with Crippen LogP contribution in [0.1, 0.15) is 58.8 Å². The van der Waals surface area contributed by atoms with Gasteiger partial charge in [-0.3, -0.25) is 0 Å². The first-order chi connectivity index (χ1) is 6.25. The second-order valence-corrected chi connectivity index (χ2v) is 4.79. The fraction of sp³-hybridized carbons (Fsp3) is 1.00. The molecule has 0 bridgehead atoms. The highest BCUT2D eigenvalue weighted by molar-refractivity contribution is 4.86. The summed E-state index contributed by atoms with van der Waals surface area (Å²) in [5.74, 6) is 0.815. The molecule has 2 N–H and O–H groups in total. The fourth-order valence-electron chi connectivity index (χ4n) is 2.76. The van der Waals surface area contributed by atoms with Crippen LogP contribution < -0.4 is 5.73 Å². The summed E-state index contributed by atoms with van der Waals surface area (Å²) >= 11 is 0. The van der Waals surface area contributed by atoms with Crippen molar-refractivity contribution in [3.05, 3.63) is 0 Å². The maximum Gasteiger partial charge on any atom is -0.00180 e. The zero-order chi connectivity index (χ0) is 9.73. The summed E-state index contributed by atoms with van der Waals surface area (Å²) in [6.45, 7) is 5.59. The third-order valence-corrected chi connectivity index (χ3v) is 4.16. The molecule has 0 saturated heterocycles. The minimum atomic E-state index is 0.491. The molecule has 1 fully saturated rings. The lowest BCUT2D eigenvalue weighted by Crippen LogP contribution is -2.36. The van der Waals surface area contributed by atoms with E-state index in [1.165, 1.54) is 44.9 Å². The number of rotatable bonds is 3. The van der Waals surface area contributed by atoms with E-state index in [1.807, 2.05) is 0 Å². The lowest BCUT2D eigenvalue weighted by Gasteiger charge is -2.37. The van der Waals surface area contributed by atoms with Gasteiger partial charge in [-0.05, 0) is 30.7 Å². The van der Waals surface area contributed by atoms with E-state index in [1.54, 1.807) is 0 Å². The first kappa shape index (κ1) is 11.0. The van der Waals surface area contributed by atoms with Crippen molar-refractivity contribution >= 4 is 0 Å². The van der Waals surface area contributed by atoms with E-state index in [9.17, 15) is 0 Å². The average Bonchev–Trinajstić information content (AvgIpc) is 2.42. The lowest BCUT2D eigenvalue weighted by molar-refractivity contribution is 0.150. The Bertz CT molecular complexity index is 134. The van der Waals surface area contributed by atoms with Crippen molar-refractivity contribution in [1.29, 1.82) is 0 Å². The molecule has 1 aliphatic rings. The smallest absolute Gasteiger partial charge is 0.00180 e. The van der Waals surface area contributed by atoms with Gasteiger partial charge in [0.2, 0.25) is 0 Å². The Balaban J connectivity index is 2.64. The van der Waals surface area contributed by atoms with Gasteiger partial charge in [0.05, 0.1) is 0 Å². The minimum absolute atomic E-state index is 0.491. The molecular formula is C12H25N. The summed E-state index contributed by atoms with van der Waals surface area (Å²) in [4.78, 5) is 0. The molecule has 0 radical (unpaired) electrons. The number of hydrogen-bond donors (Lipinski definition) is 1. The summed E-state index contributed by atoms with van der Waals surface area (Å²) in [5.41, 5.74) is 6.48. The van der Waals surface area contributed by atoms with Crippen LogP contribution in [0, 0.1) is 11.3 Å². The van der Waals surface area contributed by atoms with Gasteiger partial charge < -0.3 is 5.73 Å². The summed E-state index contributed by atoms with van der Waals surface area (Å²) in [6, 6.07) is 0. The van der Waals surface area contributed by atoms with Crippen molar-refractivity contribution in [3.63, 3.8) is 0 Å². The molecule has 78 valence electrons. The van der Waals surface area contributed by atoms with E-state index in [0.717, 1.165) is 12.5 Å². The summed E-state index contributed by atoms with van der Waals surface area (Å²) in [6.07, 6.45) is 9.70. The molecule has 0 heterocycles. The van der Waals surface area contributed by atoms with Crippen LogP contribution in [-0.2, 0) is 0 Å². The predicted molar refractivity (Wildman–Crippen MR) is 58.6 cm³/mol. The van der Waals surface area contributed by atoms with Gasteiger partial charge in [-0.25, -0.2) is 0 Å². The molecule has 0 aromatic carbocycles. The Hall–Kier alpha value is -0.0400. The molecule has 1 saturated carbocycles. The molecule has 13 heavy (non-hydrogen) atoms. The van der Waals surface area contributed by atoms with Crippen molar-refractivity contribution in [3.8, 4) is 0 Å². The third-order valence-electron chi connectivity index (χ3n) is 4.16. The van der Waals surface area contributed by atoms with Crippen LogP contribution in [0.4, 0.5) is 0 Å². The van der Waals surface area contributed by atoms with Gasteiger partial charge >= 0.3 is 0 Å². The molecule has 1 atom stereocenters. The van der Waals surface area contributed by atoms with Gasteiger partial charge in [-0.15, -0.1) is 0 Å². The van der Waals surface area contributed by atoms with Crippen molar-refractivity contribution in [2.24, 2.45) is 17.1 Å². The molecular weight excluding hydrogens is 158 g/mol. The first-order valence-corrected chi connectivity index (χ1v) is 5.95. The van der Waals surface area contributed by atoms with Crippen molar-refractivity contribution in [2.75, 3.05) is 6.54 Å². The number of hydrogen-bond acceptors (Lipinski definition) is 1. The molecule has 0 aromatic heterocycles. The summed E-state index contributed by atoms with van der Waals surface area (Å²) < 4.78 is 0.